The van der Waals surface area contributed by atoms with Crippen LogP contribution in [0.4, 0.5) is 11.4 Å². The Kier molecular flexibility index (Phi) is 7.90. The summed E-state index contributed by atoms with van der Waals surface area (Å²) in [6.45, 7) is 2.90. The molecule has 1 aliphatic carbocycles. The Morgan fingerprint density at radius 2 is 1.82 bits per heavy atom. The number of fused-ring (bicyclic) bond motifs is 2. The largest absolute Gasteiger partial charge is 0.486 e. The average Bonchev–Trinajstić information content (AvgIpc) is 2.93. The zero-order valence-corrected chi connectivity index (χ0v) is 23.5. The summed E-state index contributed by atoms with van der Waals surface area (Å²) >= 11 is 6.33. The third-order valence-corrected chi connectivity index (χ3v) is 7.83. The Hall–Kier alpha value is -4.15. The number of benzene rings is 3. The number of ether oxygens (including phenoxy) is 2. The topological polar surface area (TPSA) is 123 Å². The molecule has 11 heteroatoms. The van der Waals surface area contributed by atoms with E-state index in [0.29, 0.717) is 41.0 Å². The minimum atomic E-state index is -1.22. The number of carbonyl (C=O) groups excluding carboxylic acids is 2. The SMILES string of the molecule is CC1=C(N(/N=C/C(N)=O)c2ccc3c(c2)OCCO3)c2cc(NC(=O)c3ccc(S(C)=O)cc3Cl)ccc2CC1. The number of hydrogen-bond donors (Lipinski definition) is 2. The fourth-order valence-corrected chi connectivity index (χ4v) is 5.52. The quantitative estimate of drug-likeness (QED) is 0.308. The molecular formula is C29H27ClN4O5S. The van der Waals surface area contributed by atoms with E-state index in [1.165, 1.54) is 6.07 Å². The molecule has 3 aromatic rings. The number of allylic oxidation sites excluding steroid dienone is 1. The Morgan fingerprint density at radius 3 is 2.55 bits per heavy atom. The van der Waals surface area contributed by atoms with Crippen LogP contribution in [0.5, 0.6) is 11.5 Å². The van der Waals surface area contributed by atoms with Gasteiger partial charge >= 0.3 is 0 Å². The van der Waals surface area contributed by atoms with E-state index in [2.05, 4.69) is 10.4 Å². The molecule has 0 fully saturated rings. The van der Waals surface area contributed by atoms with Gasteiger partial charge in [0.15, 0.2) is 11.5 Å². The molecule has 9 nitrogen and oxygen atoms in total. The Bertz CT molecular complexity index is 1600. The van der Waals surface area contributed by atoms with Gasteiger partial charge < -0.3 is 20.5 Å². The maximum atomic E-state index is 13.1. The molecule has 40 heavy (non-hydrogen) atoms. The Balaban J connectivity index is 1.52. The lowest BCUT2D eigenvalue weighted by atomic mass is 9.89. The summed E-state index contributed by atoms with van der Waals surface area (Å²) in [5.74, 6) is 0.123. The van der Waals surface area contributed by atoms with Gasteiger partial charge in [0.25, 0.3) is 11.8 Å². The van der Waals surface area contributed by atoms with Crippen molar-refractivity contribution in [2.24, 2.45) is 10.8 Å². The van der Waals surface area contributed by atoms with Gasteiger partial charge in [-0.15, -0.1) is 0 Å². The van der Waals surface area contributed by atoms with Crippen molar-refractivity contribution in [3.05, 3.63) is 81.9 Å². The van der Waals surface area contributed by atoms with Gasteiger partial charge in [-0.1, -0.05) is 17.7 Å². The number of halogens is 1. The molecule has 1 atom stereocenters. The van der Waals surface area contributed by atoms with Crippen molar-refractivity contribution in [3.63, 3.8) is 0 Å². The first-order chi connectivity index (χ1) is 19.2. The number of aryl methyl sites for hydroxylation is 1. The molecule has 1 aliphatic heterocycles. The van der Waals surface area contributed by atoms with Gasteiger partial charge in [-0.3, -0.25) is 13.8 Å². The molecule has 0 saturated carbocycles. The molecule has 2 amide bonds. The van der Waals surface area contributed by atoms with Gasteiger partial charge in [-0.2, -0.15) is 5.10 Å². The summed E-state index contributed by atoms with van der Waals surface area (Å²) in [6.07, 6.45) is 4.19. The number of nitrogens with zero attached hydrogens (tertiary/aromatic N) is 2. The number of primary amides is 1. The summed E-state index contributed by atoms with van der Waals surface area (Å²) in [7, 11) is -1.22. The van der Waals surface area contributed by atoms with Crippen LogP contribution in [0, 0.1) is 0 Å². The molecule has 1 heterocycles. The molecule has 0 aromatic heterocycles. The molecule has 206 valence electrons. The third-order valence-electron chi connectivity index (χ3n) is 6.60. The molecule has 5 rings (SSSR count). The summed E-state index contributed by atoms with van der Waals surface area (Å²) in [5, 5.41) is 9.22. The van der Waals surface area contributed by atoms with Gasteiger partial charge in [-0.25, -0.2) is 5.01 Å². The van der Waals surface area contributed by atoms with Crippen LogP contribution >= 0.6 is 11.6 Å². The van der Waals surface area contributed by atoms with E-state index in [0.717, 1.165) is 41.5 Å². The third kappa shape index (κ3) is 5.73. The summed E-state index contributed by atoms with van der Waals surface area (Å²) < 4.78 is 23.2. The van der Waals surface area contributed by atoms with E-state index in [1.807, 2.05) is 37.3 Å². The number of rotatable bonds is 7. The first kappa shape index (κ1) is 27.4. The van der Waals surface area contributed by atoms with Crippen molar-refractivity contribution < 1.29 is 23.3 Å². The van der Waals surface area contributed by atoms with Gasteiger partial charge in [0.1, 0.15) is 19.4 Å². The number of carbonyl (C=O) groups is 2. The lowest BCUT2D eigenvalue weighted by Gasteiger charge is -2.30. The molecule has 0 radical (unpaired) electrons. The van der Waals surface area contributed by atoms with Crippen LogP contribution in [0.25, 0.3) is 5.70 Å². The number of anilines is 2. The highest BCUT2D eigenvalue weighted by molar-refractivity contribution is 7.84. The van der Waals surface area contributed by atoms with Gasteiger partial charge in [-0.05, 0) is 73.4 Å². The van der Waals surface area contributed by atoms with Crippen LogP contribution in [-0.4, -0.2) is 41.7 Å². The van der Waals surface area contributed by atoms with Crippen LogP contribution in [0.2, 0.25) is 5.02 Å². The van der Waals surface area contributed by atoms with Crippen molar-refractivity contribution in [3.8, 4) is 11.5 Å². The van der Waals surface area contributed by atoms with Gasteiger partial charge in [0, 0.05) is 39.3 Å². The van der Waals surface area contributed by atoms with E-state index >= 15 is 0 Å². The van der Waals surface area contributed by atoms with Crippen molar-refractivity contribution in [2.75, 3.05) is 29.8 Å². The zero-order valence-electron chi connectivity index (χ0n) is 21.9. The standard InChI is InChI=1S/C29H27ClN4O5S/c1-17-3-4-18-5-6-19(33-29(36)22-9-8-21(40(2)37)15-24(22)30)13-23(18)28(17)34(32-16-27(31)35)20-7-10-25-26(14-20)39-12-11-38-25/h5-10,13-16H,3-4,11-12H2,1-2H3,(H2,31,35)(H,33,36)/b32-16+. The van der Waals surface area contributed by atoms with Crippen LogP contribution in [-0.2, 0) is 22.0 Å². The van der Waals surface area contributed by atoms with E-state index < -0.39 is 22.6 Å². The smallest absolute Gasteiger partial charge is 0.261 e. The number of hydrazone groups is 1. The van der Waals surface area contributed by atoms with Crippen molar-refractivity contribution in [1.29, 1.82) is 0 Å². The molecule has 0 saturated heterocycles. The molecule has 0 spiro atoms. The van der Waals surface area contributed by atoms with E-state index in [9.17, 15) is 13.8 Å². The fourth-order valence-electron chi connectivity index (χ4n) is 4.65. The first-order valence-corrected chi connectivity index (χ1v) is 14.5. The molecule has 2 aliphatic rings. The second-order valence-electron chi connectivity index (χ2n) is 9.34. The van der Waals surface area contributed by atoms with Crippen LogP contribution < -0.4 is 25.5 Å². The van der Waals surface area contributed by atoms with Gasteiger partial charge in [0.2, 0.25) is 0 Å². The van der Waals surface area contributed by atoms with Crippen LogP contribution in [0.15, 0.2) is 70.2 Å². The highest BCUT2D eigenvalue weighted by atomic mass is 35.5. The lowest BCUT2D eigenvalue weighted by molar-refractivity contribution is -0.111. The molecule has 1 unspecified atom stereocenters. The first-order valence-electron chi connectivity index (χ1n) is 12.5. The number of nitrogens with two attached hydrogens (primary N) is 1. The summed E-state index contributed by atoms with van der Waals surface area (Å²) in [6, 6.07) is 15.8. The maximum absolute atomic E-state index is 13.1. The minimum Gasteiger partial charge on any atom is -0.486 e. The zero-order chi connectivity index (χ0) is 28.4. The van der Waals surface area contributed by atoms with E-state index in [-0.39, 0.29) is 10.6 Å². The molecule has 3 N–H and O–H groups in total. The minimum absolute atomic E-state index is 0.213. The maximum Gasteiger partial charge on any atom is 0.261 e. The normalized spacial score (nSPS) is 15.0. The second-order valence-corrected chi connectivity index (χ2v) is 11.1. The van der Waals surface area contributed by atoms with Crippen LogP contribution in [0.3, 0.4) is 0 Å². The highest BCUT2D eigenvalue weighted by Crippen LogP contribution is 2.41. The van der Waals surface area contributed by atoms with Crippen molar-refractivity contribution in [1.82, 2.24) is 0 Å². The fraction of sp³-hybridized carbons (Fsp3) is 0.207. The molecule has 3 aromatic carbocycles. The summed E-state index contributed by atoms with van der Waals surface area (Å²) in [4.78, 5) is 25.3. The predicted octanol–water partition coefficient (Wildman–Crippen LogP) is 4.76. The van der Waals surface area contributed by atoms with Crippen LogP contribution in [0.1, 0.15) is 34.8 Å². The highest BCUT2D eigenvalue weighted by Gasteiger charge is 2.25. The van der Waals surface area contributed by atoms with Gasteiger partial charge in [0.05, 0.1) is 22.0 Å². The molecule has 0 bridgehead atoms. The van der Waals surface area contributed by atoms with E-state index in [4.69, 9.17) is 26.8 Å². The second kappa shape index (κ2) is 11.5. The number of hydrogen-bond acceptors (Lipinski definition) is 7. The number of amides is 2. The van der Waals surface area contributed by atoms with Crippen molar-refractivity contribution in [2.45, 2.75) is 24.7 Å². The van der Waals surface area contributed by atoms with E-state index in [1.54, 1.807) is 29.5 Å². The van der Waals surface area contributed by atoms with Crippen molar-refractivity contribution >= 4 is 57.5 Å². The Morgan fingerprint density at radius 1 is 1.05 bits per heavy atom. The summed E-state index contributed by atoms with van der Waals surface area (Å²) in [5.41, 5.74) is 10.6. The predicted molar refractivity (Wildman–Crippen MR) is 157 cm³/mol. The lowest BCUT2D eigenvalue weighted by Crippen LogP contribution is -2.23. The Labute approximate surface area is 239 Å². The molecular weight excluding hydrogens is 552 g/mol. The number of nitrogens with one attached hydrogen (secondary N) is 1. The average molecular weight is 579 g/mol. The monoisotopic (exact) mass is 578 g/mol.